The van der Waals surface area contributed by atoms with Gasteiger partial charge in [-0.1, -0.05) is 35.8 Å². The van der Waals surface area contributed by atoms with Crippen molar-refractivity contribution in [3.63, 3.8) is 0 Å². The molecule has 2 aromatic rings. The minimum Gasteiger partial charge on any atom is -0.364 e. The van der Waals surface area contributed by atoms with E-state index in [-0.39, 0.29) is 24.0 Å². The Kier molecular flexibility index (Phi) is 9.53. The lowest BCUT2D eigenvalue weighted by molar-refractivity contribution is 0.169. The molecule has 1 N–H and O–H groups in total. The zero-order valence-electron chi connectivity index (χ0n) is 16.5. The molecule has 1 saturated heterocycles. The van der Waals surface area contributed by atoms with E-state index in [1.807, 2.05) is 25.2 Å². The smallest absolute Gasteiger partial charge is 0.193 e. The summed E-state index contributed by atoms with van der Waals surface area (Å²) in [7, 11) is 1.85. The number of halogens is 2. The average molecular weight is 518 g/mol. The van der Waals surface area contributed by atoms with Crippen molar-refractivity contribution in [1.29, 1.82) is 0 Å². The molecule has 0 saturated carbocycles. The first kappa shape index (κ1) is 23.0. The Morgan fingerprint density at radius 2 is 1.93 bits per heavy atom. The molecule has 0 bridgehead atoms. The van der Waals surface area contributed by atoms with Gasteiger partial charge in [0.2, 0.25) is 0 Å². The lowest BCUT2D eigenvalue weighted by atomic mass is 9.96. The Bertz CT molecular complexity index is 715. The Morgan fingerprint density at radius 1 is 1.21 bits per heavy atom. The van der Waals surface area contributed by atoms with E-state index < -0.39 is 0 Å². The summed E-state index contributed by atoms with van der Waals surface area (Å²) in [5.41, 5.74) is 2.29. The lowest BCUT2D eigenvalue weighted by Gasteiger charge is -2.36. The monoisotopic (exact) mass is 517 g/mol. The summed E-state index contributed by atoms with van der Waals surface area (Å²) in [5.74, 6) is 1.41. The molecule has 1 fully saturated rings. The maximum Gasteiger partial charge on any atom is 0.193 e. The van der Waals surface area contributed by atoms with Gasteiger partial charge in [0.15, 0.2) is 5.96 Å². The van der Waals surface area contributed by atoms with Crippen molar-refractivity contribution in [2.75, 3.05) is 39.8 Å². The van der Waals surface area contributed by atoms with Crippen molar-refractivity contribution in [1.82, 2.24) is 20.3 Å². The molecular formula is C20H29ClIN5O. The third-order valence-electron chi connectivity index (χ3n) is 5.10. The van der Waals surface area contributed by atoms with Crippen LogP contribution < -0.4 is 5.32 Å². The van der Waals surface area contributed by atoms with Crippen molar-refractivity contribution in [3.05, 3.63) is 52.9 Å². The molecule has 3 rings (SSSR count). The SMILES string of the molecule is CCC(CNC(=NC)N1CCN(Cc2ccon2)CC1)c1ccc(Cl)cc1.I. The summed E-state index contributed by atoms with van der Waals surface area (Å²) in [6, 6.07) is 10.1. The highest BCUT2D eigenvalue weighted by molar-refractivity contribution is 14.0. The number of nitrogens with zero attached hydrogens (tertiary/aromatic N) is 4. The topological polar surface area (TPSA) is 56.9 Å². The van der Waals surface area contributed by atoms with Crippen LogP contribution in [0.5, 0.6) is 0 Å². The van der Waals surface area contributed by atoms with Crippen LogP contribution >= 0.6 is 35.6 Å². The second kappa shape index (κ2) is 11.6. The molecule has 8 heteroatoms. The molecule has 0 spiro atoms. The van der Waals surface area contributed by atoms with E-state index in [2.05, 4.69) is 44.3 Å². The highest BCUT2D eigenvalue weighted by Crippen LogP contribution is 2.21. The largest absolute Gasteiger partial charge is 0.364 e. The first-order valence-corrected chi connectivity index (χ1v) is 9.90. The number of hydrogen-bond donors (Lipinski definition) is 1. The number of benzene rings is 1. The average Bonchev–Trinajstić information content (AvgIpc) is 3.20. The quantitative estimate of drug-likeness (QED) is 0.359. The van der Waals surface area contributed by atoms with E-state index >= 15 is 0 Å². The minimum atomic E-state index is 0. The predicted octanol–water partition coefficient (Wildman–Crippen LogP) is 3.83. The molecule has 28 heavy (non-hydrogen) atoms. The number of piperazine rings is 1. The number of nitrogens with one attached hydrogen (secondary N) is 1. The van der Waals surface area contributed by atoms with Gasteiger partial charge in [0.25, 0.3) is 0 Å². The van der Waals surface area contributed by atoms with Crippen molar-refractivity contribution in [2.45, 2.75) is 25.8 Å². The molecule has 154 valence electrons. The van der Waals surface area contributed by atoms with Crippen LogP contribution in [0.2, 0.25) is 5.02 Å². The Labute approximate surface area is 189 Å². The molecule has 1 aliphatic heterocycles. The van der Waals surface area contributed by atoms with Crippen LogP contribution in [0, 0.1) is 0 Å². The molecule has 1 aliphatic rings. The molecule has 0 aliphatic carbocycles. The van der Waals surface area contributed by atoms with Gasteiger partial charge >= 0.3 is 0 Å². The standard InChI is InChI=1S/C20H28ClN5O.HI/c1-3-16(17-4-6-18(21)7-5-17)14-23-20(22-2)26-11-9-25(10-12-26)15-19-8-13-27-24-19;/h4-8,13,16H,3,9-12,14-15H2,1-2H3,(H,22,23);1H. The lowest BCUT2D eigenvalue weighted by Crippen LogP contribution is -2.52. The molecule has 1 aromatic heterocycles. The van der Waals surface area contributed by atoms with Gasteiger partial charge in [-0.25, -0.2) is 0 Å². The molecular weight excluding hydrogens is 489 g/mol. The number of rotatable bonds is 6. The molecule has 0 amide bonds. The van der Waals surface area contributed by atoms with Crippen molar-refractivity contribution >= 4 is 41.5 Å². The van der Waals surface area contributed by atoms with Gasteiger partial charge < -0.3 is 14.7 Å². The van der Waals surface area contributed by atoms with Gasteiger partial charge in [0, 0.05) is 63.3 Å². The summed E-state index contributed by atoms with van der Waals surface area (Å²) in [6.45, 7) is 7.80. The molecule has 0 radical (unpaired) electrons. The zero-order chi connectivity index (χ0) is 19.1. The molecule has 2 heterocycles. The van der Waals surface area contributed by atoms with E-state index in [1.165, 1.54) is 5.56 Å². The third kappa shape index (κ3) is 6.35. The Hall–Kier alpha value is -1.32. The maximum atomic E-state index is 6.01. The second-order valence-corrected chi connectivity index (χ2v) is 7.28. The zero-order valence-corrected chi connectivity index (χ0v) is 19.6. The molecule has 1 aromatic carbocycles. The predicted molar refractivity (Wildman–Crippen MR) is 125 cm³/mol. The molecule has 1 unspecified atom stereocenters. The summed E-state index contributed by atoms with van der Waals surface area (Å²) in [5, 5.41) is 8.34. The van der Waals surface area contributed by atoms with E-state index in [1.54, 1.807) is 6.26 Å². The van der Waals surface area contributed by atoms with Crippen molar-refractivity contribution in [3.8, 4) is 0 Å². The van der Waals surface area contributed by atoms with Crippen molar-refractivity contribution in [2.24, 2.45) is 4.99 Å². The second-order valence-electron chi connectivity index (χ2n) is 6.84. The fourth-order valence-electron chi connectivity index (χ4n) is 3.45. The summed E-state index contributed by atoms with van der Waals surface area (Å²) in [6.07, 6.45) is 2.69. The minimum absolute atomic E-state index is 0. The van der Waals surface area contributed by atoms with Crippen LogP contribution in [0.1, 0.15) is 30.5 Å². The highest BCUT2D eigenvalue weighted by Gasteiger charge is 2.21. The summed E-state index contributed by atoms with van der Waals surface area (Å²) < 4.78 is 4.92. The summed E-state index contributed by atoms with van der Waals surface area (Å²) >= 11 is 6.01. The van der Waals surface area contributed by atoms with Gasteiger partial charge in [0.1, 0.15) is 6.26 Å². The Morgan fingerprint density at radius 3 is 2.50 bits per heavy atom. The van der Waals surface area contributed by atoms with Crippen LogP contribution in [0.3, 0.4) is 0 Å². The van der Waals surface area contributed by atoms with Gasteiger partial charge in [-0.15, -0.1) is 24.0 Å². The normalized spacial score (nSPS) is 16.5. The van der Waals surface area contributed by atoms with Gasteiger partial charge in [-0.2, -0.15) is 0 Å². The third-order valence-corrected chi connectivity index (χ3v) is 5.35. The number of hydrogen-bond acceptors (Lipinski definition) is 4. The number of guanidine groups is 1. The first-order chi connectivity index (χ1) is 13.2. The maximum absolute atomic E-state index is 6.01. The van der Waals surface area contributed by atoms with Crippen LogP contribution in [0.15, 0.2) is 46.1 Å². The molecule has 6 nitrogen and oxygen atoms in total. The van der Waals surface area contributed by atoms with E-state index in [4.69, 9.17) is 16.1 Å². The van der Waals surface area contributed by atoms with Crippen molar-refractivity contribution < 1.29 is 4.52 Å². The number of aromatic nitrogens is 1. The first-order valence-electron chi connectivity index (χ1n) is 9.52. The Balaban J connectivity index is 0.00000280. The van der Waals surface area contributed by atoms with Gasteiger partial charge in [-0.3, -0.25) is 9.89 Å². The highest BCUT2D eigenvalue weighted by atomic mass is 127. The van der Waals surface area contributed by atoms with Gasteiger partial charge in [-0.05, 0) is 24.1 Å². The van der Waals surface area contributed by atoms with Crippen LogP contribution in [0.25, 0.3) is 0 Å². The van der Waals surface area contributed by atoms with E-state index in [9.17, 15) is 0 Å². The fourth-order valence-corrected chi connectivity index (χ4v) is 3.57. The molecule has 1 atom stereocenters. The van der Waals surface area contributed by atoms with E-state index in [0.717, 1.165) is 62.4 Å². The fraction of sp³-hybridized carbons (Fsp3) is 0.500. The van der Waals surface area contributed by atoms with Gasteiger partial charge in [0.05, 0.1) is 5.69 Å². The van der Waals surface area contributed by atoms with Crippen LogP contribution in [-0.4, -0.2) is 60.7 Å². The van der Waals surface area contributed by atoms with Crippen LogP contribution in [-0.2, 0) is 6.54 Å². The van der Waals surface area contributed by atoms with Crippen LogP contribution in [0.4, 0.5) is 0 Å². The van der Waals surface area contributed by atoms with E-state index in [0.29, 0.717) is 5.92 Å². The summed E-state index contributed by atoms with van der Waals surface area (Å²) in [4.78, 5) is 9.21. The number of aliphatic imine (C=N–C) groups is 1.